The Bertz CT molecular complexity index is 648. The molecule has 1 aliphatic heterocycles. The van der Waals surface area contributed by atoms with Crippen LogP contribution in [-0.2, 0) is 15.1 Å². The van der Waals surface area contributed by atoms with Crippen LogP contribution in [0.25, 0.3) is 0 Å². The van der Waals surface area contributed by atoms with Gasteiger partial charge in [0.1, 0.15) is 30.1 Å². The lowest BCUT2D eigenvalue weighted by Crippen LogP contribution is -2.52. The van der Waals surface area contributed by atoms with Crippen LogP contribution in [0.5, 0.6) is 0 Å². The van der Waals surface area contributed by atoms with Crippen LogP contribution in [0.1, 0.15) is 31.4 Å². The van der Waals surface area contributed by atoms with E-state index >= 15 is 0 Å². The number of morpholine rings is 1. The molecule has 0 spiro atoms. The first-order valence-electron chi connectivity index (χ1n) is 7.25. The lowest BCUT2D eigenvalue weighted by atomic mass is 10.0. The van der Waals surface area contributed by atoms with E-state index in [0.29, 0.717) is 19.8 Å². The Balaban J connectivity index is 1.89. The molecule has 0 bridgehead atoms. The van der Waals surface area contributed by atoms with Crippen LogP contribution in [0.15, 0.2) is 18.9 Å². The van der Waals surface area contributed by atoms with Crippen molar-refractivity contribution in [3.05, 3.63) is 30.4 Å². The van der Waals surface area contributed by atoms with Gasteiger partial charge in [-0.15, -0.1) is 0 Å². The maximum absolute atomic E-state index is 13.0. The number of amides is 1. The van der Waals surface area contributed by atoms with Gasteiger partial charge in [-0.05, 0) is 20.8 Å². The van der Waals surface area contributed by atoms with E-state index in [2.05, 4.69) is 20.1 Å². The second-order valence-electron chi connectivity index (χ2n) is 5.94. The lowest BCUT2D eigenvalue weighted by Gasteiger charge is -2.39. The van der Waals surface area contributed by atoms with E-state index in [9.17, 15) is 4.79 Å². The topological polar surface area (TPSA) is 88.9 Å². The van der Waals surface area contributed by atoms with Crippen LogP contribution < -0.4 is 0 Å². The van der Waals surface area contributed by atoms with Gasteiger partial charge in [0.05, 0.1) is 13.2 Å². The van der Waals surface area contributed by atoms with Gasteiger partial charge in [0.2, 0.25) is 0 Å². The molecule has 3 heterocycles. The summed E-state index contributed by atoms with van der Waals surface area (Å²) in [6, 6.07) is -0.210. The molecule has 1 N–H and O–H groups in total. The summed E-state index contributed by atoms with van der Waals surface area (Å²) in [5.74, 6) is 0.722. The normalized spacial score (nSPS) is 19.4. The first kappa shape index (κ1) is 14.7. The molecule has 1 unspecified atom stereocenters. The fourth-order valence-electron chi connectivity index (χ4n) is 2.62. The molecule has 0 aliphatic carbocycles. The maximum atomic E-state index is 13.0. The Hall–Kier alpha value is -2.22. The third kappa shape index (κ3) is 2.50. The number of aromatic nitrogens is 5. The molecule has 2 aromatic heterocycles. The van der Waals surface area contributed by atoms with Gasteiger partial charge in [-0.25, -0.2) is 14.6 Å². The molecule has 1 fully saturated rings. The van der Waals surface area contributed by atoms with E-state index in [4.69, 9.17) is 4.74 Å². The summed E-state index contributed by atoms with van der Waals surface area (Å²) in [7, 11) is 0. The quantitative estimate of drug-likeness (QED) is 0.899. The van der Waals surface area contributed by atoms with Crippen LogP contribution in [0.2, 0.25) is 0 Å². The van der Waals surface area contributed by atoms with Gasteiger partial charge in [0.25, 0.3) is 5.91 Å². The summed E-state index contributed by atoms with van der Waals surface area (Å²) in [6.45, 7) is 7.10. The number of H-pyrrole nitrogens is 1. The maximum Gasteiger partial charge on any atom is 0.250 e. The van der Waals surface area contributed by atoms with Crippen molar-refractivity contribution in [1.82, 2.24) is 29.6 Å². The van der Waals surface area contributed by atoms with E-state index in [1.165, 1.54) is 6.33 Å². The Morgan fingerprint density at radius 2 is 2.32 bits per heavy atom. The predicted molar refractivity (Wildman–Crippen MR) is 77.9 cm³/mol. The SMILES string of the molecule is Cc1cnc(C2COCCN2C(=O)C(C)(C)n2cncn2)[nH]1. The molecule has 8 heteroatoms. The molecule has 22 heavy (non-hydrogen) atoms. The third-order valence-corrected chi connectivity index (χ3v) is 3.94. The highest BCUT2D eigenvalue weighted by Crippen LogP contribution is 2.27. The summed E-state index contributed by atoms with van der Waals surface area (Å²) in [6.07, 6.45) is 4.75. The van der Waals surface area contributed by atoms with Gasteiger partial charge in [0.15, 0.2) is 0 Å². The zero-order chi connectivity index (χ0) is 15.7. The minimum Gasteiger partial charge on any atom is -0.377 e. The van der Waals surface area contributed by atoms with E-state index < -0.39 is 5.54 Å². The molecule has 1 aliphatic rings. The van der Waals surface area contributed by atoms with Gasteiger partial charge >= 0.3 is 0 Å². The van der Waals surface area contributed by atoms with Crippen molar-refractivity contribution < 1.29 is 9.53 Å². The molecule has 1 amide bonds. The number of nitrogens with one attached hydrogen (secondary N) is 1. The number of hydrogen-bond acceptors (Lipinski definition) is 5. The number of ether oxygens (including phenoxy) is 1. The van der Waals surface area contributed by atoms with Crippen molar-refractivity contribution in [3.8, 4) is 0 Å². The number of hydrogen-bond donors (Lipinski definition) is 1. The van der Waals surface area contributed by atoms with E-state index in [0.717, 1.165) is 11.5 Å². The number of nitrogens with zero attached hydrogens (tertiary/aromatic N) is 5. The van der Waals surface area contributed by atoms with Crippen molar-refractivity contribution in [1.29, 1.82) is 0 Å². The molecule has 0 radical (unpaired) electrons. The second kappa shape index (κ2) is 5.53. The molecular formula is C14H20N6O2. The lowest BCUT2D eigenvalue weighted by molar-refractivity contribution is -0.149. The molecule has 1 atom stereocenters. The van der Waals surface area contributed by atoms with E-state index in [-0.39, 0.29) is 11.9 Å². The largest absolute Gasteiger partial charge is 0.377 e. The number of aryl methyl sites for hydroxylation is 1. The van der Waals surface area contributed by atoms with Crippen molar-refractivity contribution in [2.75, 3.05) is 19.8 Å². The van der Waals surface area contributed by atoms with Crippen LogP contribution in [0, 0.1) is 6.92 Å². The molecule has 118 valence electrons. The average Bonchev–Trinajstić information content (AvgIpc) is 3.18. The van der Waals surface area contributed by atoms with Crippen molar-refractivity contribution in [2.45, 2.75) is 32.4 Å². The average molecular weight is 304 g/mol. The number of rotatable bonds is 3. The molecule has 1 saturated heterocycles. The Kier molecular flexibility index (Phi) is 3.69. The van der Waals surface area contributed by atoms with E-state index in [1.807, 2.05) is 25.7 Å². The monoisotopic (exact) mass is 304 g/mol. The Morgan fingerprint density at radius 3 is 2.95 bits per heavy atom. The second-order valence-corrected chi connectivity index (χ2v) is 5.94. The first-order valence-corrected chi connectivity index (χ1v) is 7.25. The number of imidazole rings is 1. The smallest absolute Gasteiger partial charge is 0.250 e. The zero-order valence-corrected chi connectivity index (χ0v) is 13.0. The highest BCUT2D eigenvalue weighted by Gasteiger charge is 2.40. The highest BCUT2D eigenvalue weighted by molar-refractivity contribution is 5.84. The fraction of sp³-hybridized carbons (Fsp3) is 0.571. The van der Waals surface area contributed by atoms with Gasteiger partial charge in [-0.1, -0.05) is 0 Å². The van der Waals surface area contributed by atoms with Crippen LogP contribution in [0.3, 0.4) is 0 Å². The minimum atomic E-state index is -0.812. The number of carbonyl (C=O) groups excluding carboxylic acids is 1. The van der Waals surface area contributed by atoms with Crippen LogP contribution in [-0.4, -0.2) is 55.3 Å². The predicted octanol–water partition coefficient (Wildman–Crippen LogP) is 0.645. The first-order chi connectivity index (χ1) is 10.5. The molecule has 3 rings (SSSR count). The summed E-state index contributed by atoms with van der Waals surface area (Å²) in [5.41, 5.74) is 0.150. The van der Waals surface area contributed by atoms with Gasteiger partial charge < -0.3 is 14.6 Å². The number of carbonyl (C=O) groups is 1. The van der Waals surface area contributed by atoms with Crippen molar-refractivity contribution in [3.63, 3.8) is 0 Å². The minimum absolute atomic E-state index is 0.0275. The Labute approximate surface area is 128 Å². The zero-order valence-electron chi connectivity index (χ0n) is 13.0. The molecular weight excluding hydrogens is 284 g/mol. The van der Waals surface area contributed by atoms with Crippen molar-refractivity contribution >= 4 is 5.91 Å². The van der Waals surface area contributed by atoms with Crippen molar-refractivity contribution in [2.24, 2.45) is 0 Å². The fourth-order valence-corrected chi connectivity index (χ4v) is 2.62. The van der Waals surface area contributed by atoms with Gasteiger partial charge in [-0.2, -0.15) is 5.10 Å². The molecule has 8 nitrogen and oxygen atoms in total. The highest BCUT2D eigenvalue weighted by atomic mass is 16.5. The molecule has 0 saturated carbocycles. The molecule has 0 aromatic carbocycles. The molecule has 2 aromatic rings. The summed E-state index contributed by atoms with van der Waals surface area (Å²) >= 11 is 0. The van der Waals surface area contributed by atoms with Gasteiger partial charge in [-0.3, -0.25) is 4.79 Å². The third-order valence-electron chi connectivity index (χ3n) is 3.94. The van der Waals surface area contributed by atoms with E-state index in [1.54, 1.807) is 17.2 Å². The van der Waals surface area contributed by atoms with Crippen LogP contribution >= 0.6 is 0 Å². The summed E-state index contributed by atoms with van der Waals surface area (Å²) in [5, 5.41) is 4.11. The Morgan fingerprint density at radius 1 is 1.50 bits per heavy atom. The number of aromatic amines is 1. The van der Waals surface area contributed by atoms with Gasteiger partial charge in [0, 0.05) is 18.4 Å². The standard InChI is InChI=1S/C14H20N6O2/c1-10-6-16-12(18-10)11-7-22-5-4-19(11)13(21)14(2,3)20-9-15-8-17-20/h6,8-9,11H,4-5,7H2,1-3H3,(H,16,18). The summed E-state index contributed by atoms with van der Waals surface area (Å²) < 4.78 is 7.12. The summed E-state index contributed by atoms with van der Waals surface area (Å²) in [4.78, 5) is 26.3. The van der Waals surface area contributed by atoms with Crippen LogP contribution in [0.4, 0.5) is 0 Å².